The zero-order valence-corrected chi connectivity index (χ0v) is 21.4. The Balaban J connectivity index is 1.21. The summed E-state index contributed by atoms with van der Waals surface area (Å²) < 4.78 is 11.5. The highest BCUT2D eigenvalue weighted by atomic mass is 16.7. The van der Waals surface area contributed by atoms with Gasteiger partial charge in [0.2, 0.25) is 0 Å². The fourth-order valence-corrected chi connectivity index (χ4v) is 7.01. The normalized spacial score (nSPS) is 29.0. The predicted octanol–water partition coefficient (Wildman–Crippen LogP) is 4.51. The topological polar surface area (TPSA) is 95.4 Å². The maximum absolute atomic E-state index is 13.1. The number of carbonyl (C=O) groups excluding carboxylic acids is 1. The van der Waals surface area contributed by atoms with Crippen molar-refractivity contribution in [2.75, 3.05) is 31.1 Å². The van der Waals surface area contributed by atoms with Crippen LogP contribution in [0.25, 0.3) is 0 Å². The van der Waals surface area contributed by atoms with E-state index in [4.69, 9.17) is 9.47 Å². The molecule has 0 bridgehead atoms. The molecule has 0 radical (unpaired) electrons. The summed E-state index contributed by atoms with van der Waals surface area (Å²) in [5.41, 5.74) is 0.614. The van der Waals surface area contributed by atoms with Gasteiger partial charge in [-0.3, -0.25) is 14.8 Å². The molecule has 0 spiro atoms. The smallest absolute Gasteiger partial charge is 0.450 e. The molecule has 4 fully saturated rings. The van der Waals surface area contributed by atoms with Crippen molar-refractivity contribution in [3.8, 4) is 0 Å². The van der Waals surface area contributed by atoms with Crippen LogP contribution < -0.4 is 4.90 Å². The molecule has 1 aromatic heterocycles. The van der Waals surface area contributed by atoms with Crippen LogP contribution in [-0.2, 0) is 9.47 Å². The summed E-state index contributed by atoms with van der Waals surface area (Å²) in [6.45, 7) is 5.54. The molecule has 9 nitrogen and oxygen atoms in total. The summed E-state index contributed by atoms with van der Waals surface area (Å²) in [4.78, 5) is 35.5. The molecule has 3 aliphatic heterocycles. The van der Waals surface area contributed by atoms with Crippen molar-refractivity contribution in [1.82, 2.24) is 14.8 Å². The Bertz CT molecular complexity index is 899. The third-order valence-electron chi connectivity index (χ3n) is 8.92. The number of nitrogens with zero attached hydrogens (tertiary/aromatic N) is 4. The van der Waals surface area contributed by atoms with Gasteiger partial charge < -0.3 is 19.5 Å². The van der Waals surface area contributed by atoms with Crippen molar-refractivity contribution in [1.29, 1.82) is 0 Å². The number of amides is 1. The Morgan fingerprint density at radius 2 is 1.81 bits per heavy atom. The lowest BCUT2D eigenvalue weighted by Gasteiger charge is -2.47. The third kappa shape index (κ3) is 5.12. The maximum Gasteiger partial charge on any atom is 0.506 e. The number of carbonyl (C=O) groups is 2. The number of aromatic nitrogens is 1. The average molecular weight is 501 g/mol. The lowest BCUT2D eigenvalue weighted by atomic mass is 9.82. The first-order chi connectivity index (χ1) is 17.5. The molecule has 1 aromatic rings. The maximum atomic E-state index is 13.1. The van der Waals surface area contributed by atoms with Crippen LogP contribution in [0.2, 0.25) is 0 Å². The Morgan fingerprint density at radius 3 is 2.47 bits per heavy atom. The first kappa shape index (κ1) is 25.1. The van der Waals surface area contributed by atoms with E-state index in [-0.39, 0.29) is 30.3 Å². The van der Waals surface area contributed by atoms with Gasteiger partial charge in [-0.2, -0.15) is 0 Å². The highest BCUT2D eigenvalue weighted by Gasteiger charge is 2.52. The number of rotatable bonds is 7. The molecule has 1 amide bonds. The number of unbranched alkanes of at least 4 members (excludes halogenated alkanes) is 1. The number of fused-ring (bicyclic) bond motifs is 1. The molecule has 36 heavy (non-hydrogen) atoms. The minimum Gasteiger partial charge on any atom is -0.450 e. The number of ether oxygens (including phenoxy) is 2. The Kier molecular flexibility index (Phi) is 7.55. The second kappa shape index (κ2) is 10.8. The largest absolute Gasteiger partial charge is 0.506 e. The number of hydrogen-bond donors (Lipinski definition) is 1. The summed E-state index contributed by atoms with van der Waals surface area (Å²) >= 11 is 0. The summed E-state index contributed by atoms with van der Waals surface area (Å²) in [6.07, 6.45) is 11.4. The highest BCUT2D eigenvalue weighted by Crippen LogP contribution is 2.40. The first-order valence-corrected chi connectivity index (χ1v) is 13.8. The highest BCUT2D eigenvalue weighted by molar-refractivity contribution is 5.71. The van der Waals surface area contributed by atoms with Crippen molar-refractivity contribution < 1.29 is 24.2 Å². The summed E-state index contributed by atoms with van der Waals surface area (Å²) in [6, 6.07) is 4.64. The zero-order chi connectivity index (χ0) is 25.1. The van der Waals surface area contributed by atoms with Gasteiger partial charge in [-0.25, -0.2) is 9.59 Å². The van der Waals surface area contributed by atoms with Crippen LogP contribution >= 0.6 is 0 Å². The van der Waals surface area contributed by atoms with Gasteiger partial charge in [-0.1, -0.05) is 13.3 Å². The fourth-order valence-electron chi connectivity index (χ4n) is 7.01. The molecule has 5 rings (SSSR count). The molecule has 4 heterocycles. The molecule has 0 aromatic carbocycles. The van der Waals surface area contributed by atoms with Gasteiger partial charge in [0.1, 0.15) is 11.7 Å². The van der Waals surface area contributed by atoms with Crippen molar-refractivity contribution >= 4 is 17.9 Å². The summed E-state index contributed by atoms with van der Waals surface area (Å²) in [7, 11) is 0. The predicted molar refractivity (Wildman–Crippen MR) is 135 cm³/mol. The van der Waals surface area contributed by atoms with E-state index in [0.717, 1.165) is 77.5 Å². The molecule has 3 unspecified atom stereocenters. The van der Waals surface area contributed by atoms with E-state index in [9.17, 15) is 14.7 Å². The number of anilines is 1. The van der Waals surface area contributed by atoms with E-state index < -0.39 is 11.8 Å². The summed E-state index contributed by atoms with van der Waals surface area (Å²) in [5, 5.41) is 9.33. The lowest BCUT2D eigenvalue weighted by Crippen LogP contribution is -2.58. The first-order valence-electron chi connectivity index (χ1n) is 13.8. The van der Waals surface area contributed by atoms with Crippen LogP contribution in [0.1, 0.15) is 71.1 Å². The van der Waals surface area contributed by atoms with E-state index >= 15 is 0 Å². The second-order valence-corrected chi connectivity index (χ2v) is 10.9. The Morgan fingerprint density at radius 1 is 1.11 bits per heavy atom. The van der Waals surface area contributed by atoms with Crippen molar-refractivity contribution in [3.63, 3.8) is 0 Å². The number of hydrogen-bond acceptors (Lipinski definition) is 7. The second-order valence-electron chi connectivity index (χ2n) is 10.9. The number of piperidine rings is 2. The molecule has 9 heteroatoms. The van der Waals surface area contributed by atoms with Crippen LogP contribution in [-0.4, -0.2) is 88.1 Å². The molecule has 3 saturated heterocycles. The standard InChI is InChI=1S/C27H40N4O5/c1-2-3-11-27(36-26(33)34)12-18-30(19-13-27)22-5-4-6-23-24(22)35-25(32)31(23)21-9-16-29(17-10-21)20-7-14-28-15-8-20/h7-8,14-15,21-24H,2-6,9-13,16-19H2,1H3,(H,33,34). The molecule has 1 saturated carbocycles. The van der Waals surface area contributed by atoms with Crippen LogP contribution in [0.4, 0.5) is 15.3 Å². The minimum atomic E-state index is -1.17. The zero-order valence-electron chi connectivity index (χ0n) is 21.4. The van der Waals surface area contributed by atoms with E-state index in [1.165, 1.54) is 5.69 Å². The monoisotopic (exact) mass is 500 g/mol. The van der Waals surface area contributed by atoms with Gasteiger partial charge in [0.15, 0.2) is 0 Å². The molecule has 3 atom stereocenters. The van der Waals surface area contributed by atoms with Crippen molar-refractivity contribution in [2.45, 2.75) is 101 Å². The van der Waals surface area contributed by atoms with E-state index in [0.29, 0.717) is 12.8 Å². The average Bonchev–Trinajstić information content (AvgIpc) is 3.24. The molecular weight excluding hydrogens is 460 g/mol. The number of carboxylic acid groups (broad SMARTS) is 1. The van der Waals surface area contributed by atoms with E-state index in [1.807, 2.05) is 24.5 Å². The van der Waals surface area contributed by atoms with Gasteiger partial charge in [0, 0.05) is 69.2 Å². The number of likely N-dealkylation sites (tertiary alicyclic amines) is 1. The van der Waals surface area contributed by atoms with Gasteiger partial charge in [0.25, 0.3) is 0 Å². The molecular formula is C27H40N4O5. The van der Waals surface area contributed by atoms with Crippen LogP contribution in [0, 0.1) is 0 Å². The number of pyridine rings is 1. The van der Waals surface area contributed by atoms with Gasteiger partial charge in [0.05, 0.1) is 6.04 Å². The van der Waals surface area contributed by atoms with Crippen LogP contribution in [0.5, 0.6) is 0 Å². The van der Waals surface area contributed by atoms with Gasteiger partial charge in [-0.15, -0.1) is 0 Å². The molecule has 4 aliphatic rings. The minimum absolute atomic E-state index is 0.104. The third-order valence-corrected chi connectivity index (χ3v) is 8.92. The van der Waals surface area contributed by atoms with Gasteiger partial charge >= 0.3 is 12.2 Å². The van der Waals surface area contributed by atoms with Gasteiger partial charge in [-0.05, 0) is 57.1 Å². The molecule has 1 N–H and O–H groups in total. The van der Waals surface area contributed by atoms with Crippen molar-refractivity contribution in [3.05, 3.63) is 24.5 Å². The SMILES string of the molecule is CCCCC1(OC(=O)O)CCN(C2CCCC3C2OC(=O)N3C2CCN(c3ccncc3)CC2)CC1. The van der Waals surface area contributed by atoms with Crippen LogP contribution in [0.15, 0.2) is 24.5 Å². The Labute approximate surface area is 213 Å². The van der Waals surface area contributed by atoms with Crippen LogP contribution in [0.3, 0.4) is 0 Å². The van der Waals surface area contributed by atoms with E-state index in [1.54, 1.807) is 0 Å². The summed E-state index contributed by atoms with van der Waals surface area (Å²) in [5.74, 6) is 0. The molecule has 198 valence electrons. The fraction of sp³-hybridized carbons (Fsp3) is 0.741. The quantitative estimate of drug-likeness (QED) is 0.547. The molecule has 1 aliphatic carbocycles. The Hall–Kier alpha value is -2.55. The van der Waals surface area contributed by atoms with E-state index in [2.05, 4.69) is 26.6 Å². The lowest BCUT2D eigenvalue weighted by molar-refractivity contribution is -0.0808. The van der Waals surface area contributed by atoms with Crippen molar-refractivity contribution in [2.24, 2.45) is 0 Å².